The quantitative estimate of drug-likeness (QED) is 0.405. The van der Waals surface area contributed by atoms with E-state index in [0.29, 0.717) is 34.7 Å². The van der Waals surface area contributed by atoms with Crippen molar-refractivity contribution in [1.82, 2.24) is 9.97 Å². The van der Waals surface area contributed by atoms with Crippen LogP contribution in [0.2, 0.25) is 0 Å². The lowest BCUT2D eigenvalue weighted by atomic mass is 10.1. The Balaban J connectivity index is 1.58. The summed E-state index contributed by atoms with van der Waals surface area (Å²) >= 11 is 0. The molecule has 1 amide bonds. The summed E-state index contributed by atoms with van der Waals surface area (Å²) in [4.78, 5) is 22.6. The Kier molecular flexibility index (Phi) is 5.94. The molecule has 5 nitrogen and oxygen atoms in total. The fourth-order valence-electron chi connectivity index (χ4n) is 3.44. The Hall–Kier alpha value is -3.68. The van der Waals surface area contributed by atoms with Gasteiger partial charge in [-0.05, 0) is 35.7 Å². The Morgan fingerprint density at radius 3 is 2.50 bits per heavy atom. The lowest BCUT2D eigenvalue weighted by molar-refractivity contribution is -0.141. The maximum Gasteiger partial charge on any atom is 0.433 e. The van der Waals surface area contributed by atoms with Crippen molar-refractivity contribution >= 4 is 22.7 Å². The van der Waals surface area contributed by atoms with Crippen LogP contribution in [-0.4, -0.2) is 22.4 Å². The highest BCUT2D eigenvalue weighted by Gasteiger charge is 2.32. The number of aromatic nitrogens is 2. The van der Waals surface area contributed by atoms with E-state index in [-0.39, 0.29) is 18.9 Å². The van der Waals surface area contributed by atoms with Crippen LogP contribution in [0.4, 0.5) is 18.9 Å². The van der Waals surface area contributed by atoms with Crippen LogP contribution in [-0.2, 0) is 23.8 Å². The van der Waals surface area contributed by atoms with Gasteiger partial charge in [-0.2, -0.15) is 13.2 Å². The van der Waals surface area contributed by atoms with Crippen molar-refractivity contribution in [2.45, 2.75) is 25.9 Å². The van der Waals surface area contributed by atoms with E-state index >= 15 is 0 Å². The first-order valence-electron chi connectivity index (χ1n) is 10.0. The molecular formula is C24H20F3N3O2. The van der Waals surface area contributed by atoms with Crippen LogP contribution in [0.1, 0.15) is 22.7 Å². The van der Waals surface area contributed by atoms with Crippen LogP contribution in [0.3, 0.4) is 0 Å². The van der Waals surface area contributed by atoms with Crippen molar-refractivity contribution in [3.05, 3.63) is 89.6 Å². The van der Waals surface area contributed by atoms with Crippen LogP contribution in [0.5, 0.6) is 0 Å². The Bertz CT molecular complexity index is 1220. The SMILES string of the molecule is Cc1nc2ccc(N(CCc3ccc(C(F)(F)F)nc3)C(=O)Cc3ccccc3)cc2o1. The van der Waals surface area contributed by atoms with Crippen molar-refractivity contribution in [2.24, 2.45) is 0 Å². The van der Waals surface area contributed by atoms with Gasteiger partial charge in [-0.3, -0.25) is 9.78 Å². The number of halogens is 3. The second-order valence-electron chi connectivity index (χ2n) is 7.39. The van der Waals surface area contributed by atoms with Gasteiger partial charge in [0, 0.05) is 31.4 Å². The number of alkyl halides is 3. The molecule has 0 saturated carbocycles. The number of oxazole rings is 1. The number of nitrogens with zero attached hydrogens (tertiary/aromatic N) is 3. The van der Waals surface area contributed by atoms with Gasteiger partial charge in [0.1, 0.15) is 11.2 Å². The number of anilines is 1. The van der Waals surface area contributed by atoms with Gasteiger partial charge in [0.25, 0.3) is 0 Å². The normalized spacial score (nSPS) is 11.6. The number of carbonyl (C=O) groups is 1. The molecule has 8 heteroatoms. The molecule has 0 bridgehead atoms. The summed E-state index contributed by atoms with van der Waals surface area (Å²) in [5.41, 5.74) is 2.42. The first kappa shape index (κ1) is 21.5. The average Bonchev–Trinajstić information content (AvgIpc) is 3.13. The van der Waals surface area contributed by atoms with Crippen LogP contribution < -0.4 is 4.90 Å². The molecule has 0 saturated heterocycles. The maximum atomic E-state index is 13.2. The number of benzene rings is 2. The Morgan fingerprint density at radius 1 is 1.03 bits per heavy atom. The first-order chi connectivity index (χ1) is 15.3. The van der Waals surface area contributed by atoms with E-state index in [1.165, 1.54) is 12.3 Å². The Morgan fingerprint density at radius 2 is 1.81 bits per heavy atom. The van der Waals surface area contributed by atoms with Crippen LogP contribution in [0, 0.1) is 6.92 Å². The van der Waals surface area contributed by atoms with E-state index in [0.717, 1.165) is 11.6 Å². The van der Waals surface area contributed by atoms with Gasteiger partial charge in [0.05, 0.1) is 6.42 Å². The molecule has 2 heterocycles. The number of rotatable bonds is 6. The number of hydrogen-bond acceptors (Lipinski definition) is 4. The van der Waals surface area contributed by atoms with Crippen molar-refractivity contribution < 1.29 is 22.4 Å². The zero-order valence-corrected chi connectivity index (χ0v) is 17.3. The fraction of sp³-hybridized carbons (Fsp3) is 0.208. The van der Waals surface area contributed by atoms with E-state index in [4.69, 9.17) is 4.42 Å². The van der Waals surface area contributed by atoms with Crippen molar-refractivity contribution in [1.29, 1.82) is 0 Å². The lowest BCUT2D eigenvalue weighted by Crippen LogP contribution is -2.34. The molecule has 0 fully saturated rings. The summed E-state index contributed by atoms with van der Waals surface area (Å²) in [6, 6.07) is 17.0. The predicted molar refractivity (Wildman–Crippen MR) is 114 cm³/mol. The molecule has 32 heavy (non-hydrogen) atoms. The maximum absolute atomic E-state index is 13.2. The zero-order chi connectivity index (χ0) is 22.7. The molecule has 0 unspecified atom stereocenters. The topological polar surface area (TPSA) is 59.2 Å². The zero-order valence-electron chi connectivity index (χ0n) is 17.3. The third-order valence-corrected chi connectivity index (χ3v) is 5.03. The van der Waals surface area contributed by atoms with E-state index < -0.39 is 11.9 Å². The molecule has 2 aromatic carbocycles. The number of pyridine rings is 1. The summed E-state index contributed by atoms with van der Waals surface area (Å²) < 4.78 is 43.9. The van der Waals surface area contributed by atoms with Gasteiger partial charge in [0.2, 0.25) is 5.91 Å². The summed E-state index contributed by atoms with van der Waals surface area (Å²) in [7, 11) is 0. The smallest absolute Gasteiger partial charge is 0.433 e. The van der Waals surface area contributed by atoms with E-state index in [2.05, 4.69) is 9.97 Å². The molecule has 0 spiro atoms. The van der Waals surface area contributed by atoms with Gasteiger partial charge in [-0.15, -0.1) is 0 Å². The summed E-state index contributed by atoms with van der Waals surface area (Å²) in [5, 5.41) is 0. The van der Waals surface area contributed by atoms with Crippen molar-refractivity contribution in [2.75, 3.05) is 11.4 Å². The van der Waals surface area contributed by atoms with Gasteiger partial charge in [0.15, 0.2) is 11.5 Å². The summed E-state index contributed by atoms with van der Waals surface area (Å²) in [6.45, 7) is 2.02. The third kappa shape index (κ3) is 4.96. The number of amides is 1. The molecule has 0 N–H and O–H groups in total. The molecular weight excluding hydrogens is 419 g/mol. The number of fused-ring (bicyclic) bond motifs is 1. The molecule has 0 aliphatic rings. The average molecular weight is 439 g/mol. The largest absolute Gasteiger partial charge is 0.441 e. The van der Waals surface area contributed by atoms with Gasteiger partial charge >= 0.3 is 6.18 Å². The summed E-state index contributed by atoms with van der Waals surface area (Å²) in [6.07, 6.45) is -2.74. The number of aryl methyl sites for hydroxylation is 1. The Labute approximate surface area is 182 Å². The third-order valence-electron chi connectivity index (χ3n) is 5.03. The van der Waals surface area contributed by atoms with Crippen LogP contribution in [0.15, 0.2) is 71.3 Å². The van der Waals surface area contributed by atoms with E-state index in [1.54, 1.807) is 30.0 Å². The van der Waals surface area contributed by atoms with Gasteiger partial charge in [-0.25, -0.2) is 4.98 Å². The van der Waals surface area contributed by atoms with Crippen molar-refractivity contribution in [3.63, 3.8) is 0 Å². The molecule has 4 aromatic rings. The second kappa shape index (κ2) is 8.82. The summed E-state index contributed by atoms with van der Waals surface area (Å²) in [5.74, 6) is 0.391. The molecule has 0 radical (unpaired) electrons. The molecule has 2 aromatic heterocycles. The molecule has 164 valence electrons. The fourth-order valence-corrected chi connectivity index (χ4v) is 3.44. The van der Waals surface area contributed by atoms with E-state index in [9.17, 15) is 18.0 Å². The molecule has 0 atom stereocenters. The number of hydrogen-bond donors (Lipinski definition) is 0. The van der Waals surface area contributed by atoms with Crippen LogP contribution in [0.25, 0.3) is 11.1 Å². The minimum absolute atomic E-state index is 0.133. The highest BCUT2D eigenvalue weighted by atomic mass is 19.4. The minimum Gasteiger partial charge on any atom is -0.441 e. The van der Waals surface area contributed by atoms with Crippen LogP contribution >= 0.6 is 0 Å². The lowest BCUT2D eigenvalue weighted by Gasteiger charge is -2.23. The monoisotopic (exact) mass is 439 g/mol. The van der Waals surface area contributed by atoms with Crippen molar-refractivity contribution in [3.8, 4) is 0 Å². The number of carbonyl (C=O) groups excluding carboxylic acids is 1. The molecule has 0 aliphatic carbocycles. The first-order valence-corrected chi connectivity index (χ1v) is 10.0. The second-order valence-corrected chi connectivity index (χ2v) is 7.39. The highest BCUT2D eigenvalue weighted by molar-refractivity contribution is 5.96. The predicted octanol–water partition coefficient (Wildman–Crippen LogP) is 5.37. The van der Waals surface area contributed by atoms with E-state index in [1.807, 2.05) is 30.3 Å². The van der Waals surface area contributed by atoms with Gasteiger partial charge < -0.3 is 9.32 Å². The minimum atomic E-state index is -4.49. The highest BCUT2D eigenvalue weighted by Crippen LogP contribution is 2.28. The molecule has 0 aliphatic heterocycles. The molecule has 4 rings (SSSR count). The standard InChI is InChI=1S/C24H20F3N3O2/c1-16-29-20-9-8-19(14-21(20)32-16)30(23(31)13-17-5-3-2-4-6-17)12-11-18-7-10-22(28-15-18)24(25,26)27/h2-10,14-15H,11-13H2,1H3. The van der Waals surface area contributed by atoms with Gasteiger partial charge in [-0.1, -0.05) is 36.4 Å².